The van der Waals surface area contributed by atoms with Crippen LogP contribution in [-0.2, 0) is 9.47 Å². The molecule has 2 fully saturated rings. The molecule has 174 valence electrons. The minimum Gasteiger partial charge on any atom is -0.495 e. The molecule has 10 heteroatoms. The number of benzene rings is 2. The Bertz CT molecular complexity index is 898. The van der Waals surface area contributed by atoms with Gasteiger partial charge in [0.15, 0.2) is 5.75 Å². The summed E-state index contributed by atoms with van der Waals surface area (Å²) >= 11 is 0. The fraction of sp³-hybridized carbons (Fsp3) is 0.455. The highest BCUT2D eigenvalue weighted by Crippen LogP contribution is 2.31. The largest absolute Gasteiger partial charge is 0.495 e. The minimum atomic E-state index is -0.428. The first-order valence-electron chi connectivity index (χ1n) is 10.4. The van der Waals surface area contributed by atoms with Gasteiger partial charge in [-0.15, -0.1) is 0 Å². The number of ether oxygens (including phenoxy) is 4. The minimum absolute atomic E-state index is 0.00325. The third-order valence-corrected chi connectivity index (χ3v) is 5.32. The van der Waals surface area contributed by atoms with Crippen molar-refractivity contribution in [1.29, 1.82) is 0 Å². The number of nitrogen functional groups attached to an aromatic ring is 1. The molecule has 2 heterocycles. The van der Waals surface area contributed by atoms with Crippen molar-refractivity contribution in [2.24, 2.45) is 0 Å². The second kappa shape index (κ2) is 11.4. The number of methoxy groups -OCH3 is 2. The highest BCUT2D eigenvalue weighted by atomic mass is 16.6. The van der Waals surface area contributed by atoms with E-state index < -0.39 is 4.92 Å². The number of anilines is 3. The van der Waals surface area contributed by atoms with Gasteiger partial charge < -0.3 is 34.5 Å². The van der Waals surface area contributed by atoms with Crippen LogP contribution in [0.3, 0.4) is 0 Å². The van der Waals surface area contributed by atoms with Crippen molar-refractivity contribution in [1.82, 2.24) is 0 Å². The lowest BCUT2D eigenvalue weighted by molar-refractivity contribution is -0.385. The standard InChI is InChI=1S/C11H14N2O4.C11H16N2O2/c1-16-11-3-2-9(8-10(11)13(14)15)12-4-6-17-7-5-12;1-14-11-3-2-9(8-10(11)12)13-4-6-15-7-5-13/h2-3,8H,4-7H2,1H3;2-3,8H,4-7,12H2,1H3. The maximum atomic E-state index is 10.9. The molecule has 0 atom stereocenters. The number of hydrogen-bond acceptors (Lipinski definition) is 9. The molecular weight excluding hydrogens is 416 g/mol. The number of morpholine rings is 2. The van der Waals surface area contributed by atoms with Crippen molar-refractivity contribution in [2.45, 2.75) is 0 Å². The van der Waals surface area contributed by atoms with Gasteiger partial charge in [-0.3, -0.25) is 10.1 Å². The van der Waals surface area contributed by atoms with Crippen LogP contribution in [0.15, 0.2) is 36.4 Å². The van der Waals surface area contributed by atoms with Crippen LogP contribution in [0, 0.1) is 10.1 Å². The molecule has 0 aliphatic carbocycles. The molecule has 0 bridgehead atoms. The lowest BCUT2D eigenvalue weighted by atomic mass is 10.2. The summed E-state index contributed by atoms with van der Waals surface area (Å²) < 4.78 is 20.6. The molecule has 4 rings (SSSR count). The second-order valence-electron chi connectivity index (χ2n) is 7.24. The molecule has 0 amide bonds. The Morgan fingerprint density at radius 1 is 0.844 bits per heavy atom. The highest BCUT2D eigenvalue weighted by molar-refractivity contribution is 5.63. The van der Waals surface area contributed by atoms with Gasteiger partial charge in [0.1, 0.15) is 5.75 Å². The molecule has 2 aromatic rings. The molecule has 2 aliphatic rings. The number of nitrogens with two attached hydrogens (primary N) is 1. The maximum Gasteiger partial charge on any atom is 0.312 e. The molecule has 32 heavy (non-hydrogen) atoms. The average molecular weight is 447 g/mol. The summed E-state index contributed by atoms with van der Waals surface area (Å²) in [7, 11) is 3.05. The molecular formula is C22H30N4O6. The van der Waals surface area contributed by atoms with E-state index in [2.05, 4.69) is 9.80 Å². The van der Waals surface area contributed by atoms with Gasteiger partial charge in [-0.25, -0.2) is 0 Å². The average Bonchev–Trinajstić information content (AvgIpc) is 2.85. The molecule has 0 radical (unpaired) electrons. The molecule has 0 saturated carbocycles. The van der Waals surface area contributed by atoms with Crippen molar-refractivity contribution in [3.63, 3.8) is 0 Å². The van der Waals surface area contributed by atoms with Gasteiger partial charge in [0.25, 0.3) is 0 Å². The predicted octanol–water partition coefficient (Wildman–Crippen LogP) is 2.55. The summed E-state index contributed by atoms with van der Waals surface area (Å²) in [5.74, 6) is 1.01. The van der Waals surface area contributed by atoms with Crippen LogP contribution in [0.25, 0.3) is 0 Å². The topological polar surface area (TPSA) is 113 Å². The molecule has 2 N–H and O–H groups in total. The van der Waals surface area contributed by atoms with E-state index in [0.29, 0.717) is 18.9 Å². The molecule has 2 aromatic carbocycles. The Morgan fingerprint density at radius 2 is 1.31 bits per heavy atom. The van der Waals surface area contributed by atoms with Crippen molar-refractivity contribution in [3.8, 4) is 11.5 Å². The summed E-state index contributed by atoms with van der Waals surface area (Å²) in [4.78, 5) is 14.8. The van der Waals surface area contributed by atoms with E-state index >= 15 is 0 Å². The second-order valence-corrected chi connectivity index (χ2v) is 7.24. The van der Waals surface area contributed by atoms with E-state index in [1.165, 1.54) is 7.11 Å². The van der Waals surface area contributed by atoms with E-state index in [1.54, 1.807) is 19.2 Å². The van der Waals surface area contributed by atoms with Crippen LogP contribution in [0.4, 0.5) is 22.7 Å². The third kappa shape index (κ3) is 5.92. The van der Waals surface area contributed by atoms with Crippen LogP contribution >= 0.6 is 0 Å². The maximum absolute atomic E-state index is 10.9. The van der Waals surface area contributed by atoms with Crippen LogP contribution in [0.1, 0.15) is 0 Å². The van der Waals surface area contributed by atoms with Crippen LogP contribution in [0.2, 0.25) is 0 Å². The van der Waals surface area contributed by atoms with E-state index in [4.69, 9.17) is 24.7 Å². The molecule has 10 nitrogen and oxygen atoms in total. The predicted molar refractivity (Wildman–Crippen MR) is 123 cm³/mol. The van der Waals surface area contributed by atoms with Crippen molar-refractivity contribution in [2.75, 3.05) is 82.4 Å². The number of nitro groups is 1. The zero-order chi connectivity index (χ0) is 22.9. The van der Waals surface area contributed by atoms with E-state index in [1.807, 2.05) is 24.3 Å². The SMILES string of the molecule is COc1ccc(N2CCOCC2)cc1N.COc1ccc(N2CCOCC2)cc1[N+](=O)[O-]. The monoisotopic (exact) mass is 446 g/mol. The van der Waals surface area contributed by atoms with Crippen LogP contribution in [-0.4, -0.2) is 71.7 Å². The van der Waals surface area contributed by atoms with E-state index in [9.17, 15) is 10.1 Å². The Morgan fingerprint density at radius 3 is 1.75 bits per heavy atom. The summed E-state index contributed by atoms with van der Waals surface area (Å²) in [5, 5.41) is 10.9. The lowest BCUT2D eigenvalue weighted by Crippen LogP contribution is -2.36. The van der Waals surface area contributed by atoms with Gasteiger partial charge in [-0.1, -0.05) is 0 Å². The smallest absolute Gasteiger partial charge is 0.312 e. The van der Waals surface area contributed by atoms with Crippen molar-refractivity contribution >= 4 is 22.7 Å². The van der Waals surface area contributed by atoms with Gasteiger partial charge in [0.05, 0.1) is 51.3 Å². The first kappa shape index (κ1) is 23.4. The molecule has 0 unspecified atom stereocenters. The number of rotatable bonds is 5. The number of nitro benzene ring substituents is 1. The Hall–Kier alpha value is -3.24. The fourth-order valence-corrected chi connectivity index (χ4v) is 3.58. The van der Waals surface area contributed by atoms with Crippen molar-refractivity contribution in [3.05, 3.63) is 46.5 Å². The Kier molecular flexibility index (Phi) is 8.34. The first-order chi connectivity index (χ1) is 15.5. The first-order valence-corrected chi connectivity index (χ1v) is 10.4. The van der Waals surface area contributed by atoms with Gasteiger partial charge in [-0.05, 0) is 30.3 Å². The van der Waals surface area contributed by atoms with Gasteiger partial charge in [-0.2, -0.15) is 0 Å². The van der Waals surface area contributed by atoms with E-state index in [-0.39, 0.29) is 11.4 Å². The van der Waals surface area contributed by atoms with Crippen LogP contribution < -0.4 is 25.0 Å². The zero-order valence-corrected chi connectivity index (χ0v) is 18.5. The van der Waals surface area contributed by atoms with Crippen molar-refractivity contribution < 1.29 is 23.9 Å². The van der Waals surface area contributed by atoms with Gasteiger partial charge >= 0.3 is 5.69 Å². The van der Waals surface area contributed by atoms with Gasteiger partial charge in [0, 0.05) is 43.6 Å². The number of hydrogen-bond donors (Lipinski definition) is 1. The Balaban J connectivity index is 0.000000182. The van der Waals surface area contributed by atoms with Gasteiger partial charge in [0.2, 0.25) is 0 Å². The number of nitrogens with zero attached hydrogens (tertiary/aromatic N) is 3. The zero-order valence-electron chi connectivity index (χ0n) is 18.5. The summed E-state index contributed by atoms with van der Waals surface area (Å²) in [6.45, 7) is 6.22. The fourth-order valence-electron chi connectivity index (χ4n) is 3.58. The summed E-state index contributed by atoms with van der Waals surface area (Å²) in [6, 6.07) is 10.9. The molecule has 2 saturated heterocycles. The molecule has 2 aliphatic heterocycles. The third-order valence-electron chi connectivity index (χ3n) is 5.32. The summed E-state index contributed by atoms with van der Waals surface area (Å²) in [5.41, 5.74) is 8.50. The van der Waals surface area contributed by atoms with E-state index in [0.717, 1.165) is 56.5 Å². The molecule has 0 aromatic heterocycles. The quantitative estimate of drug-likeness (QED) is 0.420. The molecule has 0 spiro atoms. The van der Waals surface area contributed by atoms with Crippen LogP contribution in [0.5, 0.6) is 11.5 Å². The lowest BCUT2D eigenvalue weighted by Gasteiger charge is -2.29. The highest BCUT2D eigenvalue weighted by Gasteiger charge is 2.19. The summed E-state index contributed by atoms with van der Waals surface area (Å²) in [6.07, 6.45) is 0. The Labute approximate surface area is 187 Å². The normalized spacial score (nSPS) is 16.1.